The van der Waals surface area contributed by atoms with E-state index in [9.17, 15) is 4.79 Å². The van der Waals surface area contributed by atoms with Crippen molar-refractivity contribution < 1.29 is 14.3 Å². The number of esters is 1. The molecule has 5 heteroatoms. The molecular weight excluding hydrogens is 314 g/mol. The maximum atomic E-state index is 11.4. The molecule has 0 heterocycles. The summed E-state index contributed by atoms with van der Waals surface area (Å²) < 4.78 is 10.4. The first-order valence-electron chi connectivity index (χ1n) is 7.25. The summed E-state index contributed by atoms with van der Waals surface area (Å²) in [5.74, 6) is 0.220. The fraction of sp³-hybridized carbons (Fsp3) is 0.222. The molecule has 0 N–H and O–H groups in total. The van der Waals surface area contributed by atoms with E-state index in [1.165, 1.54) is 0 Å². The number of ether oxygens (including phenoxy) is 2. The summed E-state index contributed by atoms with van der Waals surface area (Å²) in [6.07, 6.45) is 1.60. The third-order valence-electron chi connectivity index (χ3n) is 2.77. The molecule has 0 amide bonds. The predicted octanol–water partition coefficient (Wildman–Crippen LogP) is 4.42. The van der Waals surface area contributed by atoms with Crippen LogP contribution >= 0.6 is 11.6 Å². The maximum Gasteiger partial charge on any atom is 0.344 e. The van der Waals surface area contributed by atoms with Gasteiger partial charge in [0.05, 0.1) is 11.8 Å². The standard InChI is InChI=1S/C18H18ClNO3/c1-13(2)23-18(21)12-22-17-8-6-14(7-9-17)11-20-16-5-3-4-15(19)10-16/h3-11,13H,12H2,1-2H3. The number of carbonyl (C=O) groups excluding carboxylic acids is 1. The van der Waals surface area contributed by atoms with E-state index in [1.807, 2.05) is 24.3 Å². The monoisotopic (exact) mass is 331 g/mol. The van der Waals surface area contributed by atoms with Crippen molar-refractivity contribution >= 4 is 29.5 Å². The molecule has 0 atom stereocenters. The summed E-state index contributed by atoms with van der Waals surface area (Å²) in [4.78, 5) is 15.8. The highest BCUT2D eigenvalue weighted by molar-refractivity contribution is 6.30. The van der Waals surface area contributed by atoms with Gasteiger partial charge in [-0.15, -0.1) is 0 Å². The van der Waals surface area contributed by atoms with Crippen LogP contribution in [-0.2, 0) is 9.53 Å². The van der Waals surface area contributed by atoms with Gasteiger partial charge in [-0.1, -0.05) is 17.7 Å². The van der Waals surface area contributed by atoms with Gasteiger partial charge in [0.2, 0.25) is 0 Å². The van der Waals surface area contributed by atoms with Gasteiger partial charge in [-0.25, -0.2) is 4.79 Å². The molecule has 4 nitrogen and oxygen atoms in total. The van der Waals surface area contributed by atoms with E-state index < -0.39 is 0 Å². The minimum atomic E-state index is -0.383. The van der Waals surface area contributed by atoms with Gasteiger partial charge in [-0.05, 0) is 61.9 Å². The van der Waals surface area contributed by atoms with Crippen LogP contribution in [0.15, 0.2) is 53.5 Å². The van der Waals surface area contributed by atoms with Crippen LogP contribution in [0.25, 0.3) is 0 Å². The molecule has 2 aromatic rings. The molecule has 0 radical (unpaired) electrons. The first kappa shape index (κ1) is 17.0. The molecule has 23 heavy (non-hydrogen) atoms. The van der Waals surface area contributed by atoms with Gasteiger partial charge in [0.15, 0.2) is 6.61 Å². The first-order valence-corrected chi connectivity index (χ1v) is 7.63. The lowest BCUT2D eigenvalue weighted by molar-refractivity contribution is -0.149. The molecule has 0 bridgehead atoms. The molecule has 120 valence electrons. The molecule has 2 rings (SSSR count). The van der Waals surface area contributed by atoms with Crippen LogP contribution in [0, 0.1) is 0 Å². The third kappa shape index (κ3) is 6.12. The SMILES string of the molecule is CC(C)OC(=O)COc1ccc(C=Nc2cccc(Cl)c2)cc1. The minimum Gasteiger partial charge on any atom is -0.482 e. The van der Waals surface area contributed by atoms with Crippen molar-refractivity contribution in [3.8, 4) is 5.75 Å². The molecule has 0 aliphatic rings. The average Bonchev–Trinajstić information content (AvgIpc) is 2.51. The van der Waals surface area contributed by atoms with E-state index in [1.54, 1.807) is 44.3 Å². The van der Waals surface area contributed by atoms with E-state index >= 15 is 0 Å². The first-order chi connectivity index (χ1) is 11.0. The van der Waals surface area contributed by atoms with Crippen molar-refractivity contribution in [2.45, 2.75) is 20.0 Å². The Morgan fingerprint density at radius 2 is 1.96 bits per heavy atom. The lowest BCUT2D eigenvalue weighted by Crippen LogP contribution is -2.18. The number of carbonyl (C=O) groups is 1. The highest BCUT2D eigenvalue weighted by Gasteiger charge is 2.06. The lowest BCUT2D eigenvalue weighted by atomic mass is 10.2. The Morgan fingerprint density at radius 3 is 2.61 bits per heavy atom. The molecule has 2 aromatic carbocycles. The van der Waals surface area contributed by atoms with Crippen LogP contribution in [0.3, 0.4) is 0 Å². The van der Waals surface area contributed by atoms with Crippen LogP contribution < -0.4 is 4.74 Å². The summed E-state index contributed by atoms with van der Waals surface area (Å²) >= 11 is 5.91. The van der Waals surface area contributed by atoms with Crippen LogP contribution in [0.1, 0.15) is 19.4 Å². The lowest BCUT2D eigenvalue weighted by Gasteiger charge is -2.09. The summed E-state index contributed by atoms with van der Waals surface area (Å²) in [7, 11) is 0. The van der Waals surface area contributed by atoms with Crippen molar-refractivity contribution in [3.05, 3.63) is 59.1 Å². The highest BCUT2D eigenvalue weighted by Crippen LogP contribution is 2.18. The van der Waals surface area contributed by atoms with Gasteiger partial charge >= 0.3 is 5.97 Å². The molecule has 0 unspecified atom stereocenters. The van der Waals surface area contributed by atoms with E-state index in [-0.39, 0.29) is 18.7 Å². The zero-order valence-electron chi connectivity index (χ0n) is 13.0. The second-order valence-electron chi connectivity index (χ2n) is 5.13. The Labute approximate surface area is 140 Å². The number of benzene rings is 2. The van der Waals surface area contributed by atoms with Crippen molar-refractivity contribution in [1.82, 2.24) is 0 Å². The topological polar surface area (TPSA) is 47.9 Å². The second kappa shape index (κ2) is 8.34. The largest absolute Gasteiger partial charge is 0.482 e. The molecule has 0 spiro atoms. The summed E-state index contributed by atoms with van der Waals surface area (Å²) in [5.41, 5.74) is 1.70. The molecule has 0 aromatic heterocycles. The molecule has 0 saturated carbocycles. The van der Waals surface area contributed by atoms with E-state index in [4.69, 9.17) is 21.1 Å². The smallest absolute Gasteiger partial charge is 0.344 e. The Bertz CT molecular complexity index is 681. The Morgan fingerprint density at radius 1 is 1.22 bits per heavy atom. The number of hydrogen-bond acceptors (Lipinski definition) is 4. The summed E-state index contributed by atoms with van der Waals surface area (Å²) in [6.45, 7) is 3.49. The fourth-order valence-electron chi connectivity index (χ4n) is 1.79. The fourth-order valence-corrected chi connectivity index (χ4v) is 1.98. The molecule has 0 saturated heterocycles. The van der Waals surface area contributed by atoms with Gasteiger partial charge in [-0.3, -0.25) is 4.99 Å². The highest BCUT2D eigenvalue weighted by atomic mass is 35.5. The summed E-state index contributed by atoms with van der Waals surface area (Å²) in [6, 6.07) is 14.6. The quantitative estimate of drug-likeness (QED) is 0.581. The van der Waals surface area contributed by atoms with Gasteiger partial charge in [0.25, 0.3) is 0 Å². The van der Waals surface area contributed by atoms with E-state index in [0.717, 1.165) is 11.3 Å². The molecule has 0 fully saturated rings. The van der Waals surface area contributed by atoms with Crippen molar-refractivity contribution in [1.29, 1.82) is 0 Å². The zero-order chi connectivity index (χ0) is 16.7. The molecular formula is C18H18ClNO3. The maximum absolute atomic E-state index is 11.4. The van der Waals surface area contributed by atoms with Gasteiger partial charge in [0.1, 0.15) is 5.75 Å². The normalized spacial score (nSPS) is 11.0. The van der Waals surface area contributed by atoms with E-state index in [2.05, 4.69) is 4.99 Å². The Kier molecular flexibility index (Phi) is 6.18. The predicted molar refractivity (Wildman–Crippen MR) is 91.9 cm³/mol. The third-order valence-corrected chi connectivity index (χ3v) is 3.01. The second-order valence-corrected chi connectivity index (χ2v) is 5.57. The van der Waals surface area contributed by atoms with Crippen molar-refractivity contribution in [3.63, 3.8) is 0 Å². The van der Waals surface area contributed by atoms with Crippen LogP contribution in [0.2, 0.25) is 5.02 Å². The van der Waals surface area contributed by atoms with Crippen LogP contribution in [0.4, 0.5) is 5.69 Å². The number of rotatable bonds is 6. The minimum absolute atomic E-state index is 0.103. The average molecular weight is 332 g/mol. The van der Waals surface area contributed by atoms with Crippen LogP contribution in [0.5, 0.6) is 5.75 Å². The summed E-state index contributed by atoms with van der Waals surface area (Å²) in [5, 5.41) is 0.650. The number of nitrogens with zero attached hydrogens (tertiary/aromatic N) is 1. The Balaban J connectivity index is 1.90. The zero-order valence-corrected chi connectivity index (χ0v) is 13.8. The van der Waals surface area contributed by atoms with Crippen molar-refractivity contribution in [2.75, 3.05) is 6.61 Å². The van der Waals surface area contributed by atoms with E-state index in [0.29, 0.717) is 10.8 Å². The number of aliphatic imine (C=N–C) groups is 1. The van der Waals surface area contributed by atoms with Gasteiger partial charge in [0, 0.05) is 11.2 Å². The van der Waals surface area contributed by atoms with Gasteiger partial charge < -0.3 is 9.47 Å². The number of halogens is 1. The van der Waals surface area contributed by atoms with Gasteiger partial charge in [-0.2, -0.15) is 0 Å². The number of hydrogen-bond donors (Lipinski definition) is 0. The molecule has 0 aliphatic carbocycles. The van der Waals surface area contributed by atoms with Crippen LogP contribution in [-0.4, -0.2) is 24.9 Å². The Hall–Kier alpha value is -2.33. The van der Waals surface area contributed by atoms with Crippen molar-refractivity contribution in [2.24, 2.45) is 4.99 Å². The molecule has 0 aliphatic heterocycles.